The van der Waals surface area contributed by atoms with Gasteiger partial charge in [0.1, 0.15) is 5.75 Å². The summed E-state index contributed by atoms with van der Waals surface area (Å²) in [6.07, 6.45) is 37.6. The van der Waals surface area contributed by atoms with Crippen LogP contribution in [0.4, 0.5) is 0 Å². The van der Waals surface area contributed by atoms with Gasteiger partial charge in [0.05, 0.1) is 11.7 Å². The summed E-state index contributed by atoms with van der Waals surface area (Å²) in [6, 6.07) is 16.0. The monoisotopic (exact) mass is 705 g/mol. The number of para-hydroxylation sites is 1. The number of hydrogen-bond donors (Lipinski definition) is 0. The molecule has 0 aliphatic rings. The lowest BCUT2D eigenvalue weighted by Gasteiger charge is -2.20. The SMILES string of the molecule is CCCCCCCCCCCCCCCCCCOC(C)c1ccc(C(=O)Oc2ccccc2C(CCC)CCCCCCCCCCC)cc1. The summed E-state index contributed by atoms with van der Waals surface area (Å²) in [5.41, 5.74) is 2.87. The zero-order valence-corrected chi connectivity index (χ0v) is 34.0. The Kier molecular flexibility index (Phi) is 27.7. The quantitative estimate of drug-likeness (QED) is 0.0413. The molecule has 2 aromatic carbocycles. The second-order valence-electron chi connectivity index (χ2n) is 15.5. The van der Waals surface area contributed by atoms with Crippen LogP contribution in [0.1, 0.15) is 241 Å². The molecule has 2 aromatic rings. The molecule has 2 rings (SSSR count). The lowest BCUT2D eigenvalue weighted by atomic mass is 9.88. The molecule has 290 valence electrons. The van der Waals surface area contributed by atoms with Gasteiger partial charge in [0, 0.05) is 6.61 Å². The lowest BCUT2D eigenvalue weighted by Crippen LogP contribution is -2.12. The maximum atomic E-state index is 13.2. The van der Waals surface area contributed by atoms with Gasteiger partial charge >= 0.3 is 5.97 Å². The molecule has 3 heteroatoms. The fraction of sp³-hybridized carbons (Fsp3) is 0.729. The number of ether oxygens (including phenoxy) is 2. The molecule has 0 amide bonds. The largest absolute Gasteiger partial charge is 0.423 e. The van der Waals surface area contributed by atoms with E-state index in [4.69, 9.17) is 9.47 Å². The standard InChI is InChI=1S/C48H80O3/c1-5-8-10-12-14-16-17-18-19-20-21-22-24-26-28-32-41-50-42(4)43-37-39-45(40-38-43)48(49)51-47-36-31-30-35-46(47)44(33-7-3)34-29-27-25-23-15-13-11-9-6-2/h30-31,35-40,42,44H,5-29,32-34,41H2,1-4H3. The number of carbonyl (C=O) groups excluding carboxylic acids is 1. The normalized spacial score (nSPS) is 12.6. The van der Waals surface area contributed by atoms with Crippen LogP contribution >= 0.6 is 0 Å². The van der Waals surface area contributed by atoms with Gasteiger partial charge in [-0.2, -0.15) is 0 Å². The highest BCUT2D eigenvalue weighted by Gasteiger charge is 2.18. The van der Waals surface area contributed by atoms with Crippen molar-refractivity contribution in [3.05, 3.63) is 65.2 Å². The molecule has 0 aliphatic carbocycles. The molecule has 0 heterocycles. The second-order valence-corrected chi connectivity index (χ2v) is 15.5. The van der Waals surface area contributed by atoms with Crippen LogP contribution in [-0.2, 0) is 4.74 Å². The third kappa shape index (κ3) is 21.9. The molecule has 0 spiro atoms. The molecule has 0 saturated carbocycles. The maximum Gasteiger partial charge on any atom is 0.343 e. The van der Waals surface area contributed by atoms with Gasteiger partial charge in [0.25, 0.3) is 0 Å². The number of carbonyl (C=O) groups is 1. The van der Waals surface area contributed by atoms with E-state index in [1.54, 1.807) is 0 Å². The molecular formula is C48H80O3. The van der Waals surface area contributed by atoms with Gasteiger partial charge in [0.2, 0.25) is 0 Å². The second kappa shape index (κ2) is 31.4. The zero-order chi connectivity index (χ0) is 36.6. The van der Waals surface area contributed by atoms with Crippen LogP contribution in [0.5, 0.6) is 5.75 Å². The molecule has 0 aromatic heterocycles. The molecule has 0 radical (unpaired) electrons. The van der Waals surface area contributed by atoms with Crippen LogP contribution in [-0.4, -0.2) is 12.6 Å². The number of hydrogen-bond acceptors (Lipinski definition) is 3. The van der Waals surface area contributed by atoms with E-state index in [9.17, 15) is 4.79 Å². The van der Waals surface area contributed by atoms with Crippen LogP contribution in [0.25, 0.3) is 0 Å². The molecule has 0 aliphatic heterocycles. The molecule has 3 nitrogen and oxygen atoms in total. The van der Waals surface area contributed by atoms with Crippen molar-refractivity contribution in [3.8, 4) is 5.75 Å². The topological polar surface area (TPSA) is 35.5 Å². The molecule has 0 N–H and O–H groups in total. The average molecular weight is 705 g/mol. The predicted molar refractivity (Wildman–Crippen MR) is 221 cm³/mol. The predicted octanol–water partition coefficient (Wildman–Crippen LogP) is 16.0. The van der Waals surface area contributed by atoms with Gasteiger partial charge in [0.15, 0.2) is 0 Å². The van der Waals surface area contributed by atoms with E-state index in [0.717, 1.165) is 43.6 Å². The number of benzene rings is 2. The molecule has 51 heavy (non-hydrogen) atoms. The van der Waals surface area contributed by atoms with Gasteiger partial charge in [-0.3, -0.25) is 0 Å². The van der Waals surface area contributed by atoms with Crippen molar-refractivity contribution < 1.29 is 14.3 Å². The fourth-order valence-corrected chi connectivity index (χ4v) is 7.47. The summed E-state index contributed by atoms with van der Waals surface area (Å²) in [5.74, 6) is 0.865. The van der Waals surface area contributed by atoms with Crippen LogP contribution in [0.15, 0.2) is 48.5 Å². The fourth-order valence-electron chi connectivity index (χ4n) is 7.47. The van der Waals surface area contributed by atoms with Crippen LogP contribution in [0.3, 0.4) is 0 Å². The Morgan fingerprint density at radius 1 is 0.510 bits per heavy atom. The van der Waals surface area contributed by atoms with Crippen molar-refractivity contribution >= 4 is 5.97 Å². The van der Waals surface area contributed by atoms with Gasteiger partial charge < -0.3 is 9.47 Å². The first-order chi connectivity index (χ1) is 25.1. The molecule has 0 fully saturated rings. The highest BCUT2D eigenvalue weighted by molar-refractivity contribution is 5.91. The molecular weight excluding hydrogens is 625 g/mol. The number of unbranched alkanes of at least 4 members (excludes halogenated alkanes) is 23. The van der Waals surface area contributed by atoms with Crippen molar-refractivity contribution in [1.29, 1.82) is 0 Å². The van der Waals surface area contributed by atoms with E-state index in [1.165, 1.54) is 160 Å². The molecule has 0 saturated heterocycles. The summed E-state index contributed by atoms with van der Waals surface area (Å²) in [7, 11) is 0. The third-order valence-electron chi connectivity index (χ3n) is 10.8. The van der Waals surface area contributed by atoms with E-state index in [2.05, 4.69) is 39.8 Å². The highest BCUT2D eigenvalue weighted by Crippen LogP contribution is 2.34. The first-order valence-corrected chi connectivity index (χ1v) is 22.1. The Labute approximate surface area is 316 Å². The minimum Gasteiger partial charge on any atom is -0.423 e. The molecule has 2 unspecified atom stereocenters. The summed E-state index contributed by atoms with van der Waals surface area (Å²) in [6.45, 7) is 9.73. The first-order valence-electron chi connectivity index (χ1n) is 22.1. The Morgan fingerprint density at radius 2 is 0.961 bits per heavy atom. The van der Waals surface area contributed by atoms with E-state index in [0.29, 0.717) is 11.5 Å². The minimum absolute atomic E-state index is 0.0167. The Balaban J connectivity index is 1.63. The van der Waals surface area contributed by atoms with E-state index in [1.807, 2.05) is 36.4 Å². The Morgan fingerprint density at radius 3 is 1.45 bits per heavy atom. The molecule has 2 atom stereocenters. The van der Waals surface area contributed by atoms with Gasteiger partial charge in [-0.15, -0.1) is 0 Å². The van der Waals surface area contributed by atoms with E-state index >= 15 is 0 Å². The Bertz CT molecular complexity index is 1080. The average Bonchev–Trinajstić information content (AvgIpc) is 3.15. The summed E-state index contributed by atoms with van der Waals surface area (Å²) in [5, 5.41) is 0. The number of rotatable bonds is 34. The van der Waals surface area contributed by atoms with Crippen LogP contribution in [0.2, 0.25) is 0 Å². The van der Waals surface area contributed by atoms with Crippen LogP contribution in [0, 0.1) is 0 Å². The van der Waals surface area contributed by atoms with Gasteiger partial charge in [-0.25, -0.2) is 4.79 Å². The number of esters is 1. The van der Waals surface area contributed by atoms with Crippen molar-refractivity contribution in [2.45, 2.75) is 219 Å². The minimum atomic E-state index is -0.283. The van der Waals surface area contributed by atoms with Crippen molar-refractivity contribution in [3.63, 3.8) is 0 Å². The maximum absolute atomic E-state index is 13.2. The zero-order valence-electron chi connectivity index (χ0n) is 34.0. The lowest BCUT2D eigenvalue weighted by molar-refractivity contribution is 0.0625. The summed E-state index contributed by atoms with van der Waals surface area (Å²) in [4.78, 5) is 13.2. The van der Waals surface area contributed by atoms with Gasteiger partial charge in [-0.05, 0) is 61.4 Å². The van der Waals surface area contributed by atoms with Crippen molar-refractivity contribution in [1.82, 2.24) is 0 Å². The van der Waals surface area contributed by atoms with E-state index in [-0.39, 0.29) is 12.1 Å². The molecule has 0 bridgehead atoms. The van der Waals surface area contributed by atoms with Gasteiger partial charge in [-0.1, -0.05) is 212 Å². The van der Waals surface area contributed by atoms with Crippen molar-refractivity contribution in [2.75, 3.05) is 6.61 Å². The highest BCUT2D eigenvalue weighted by atomic mass is 16.5. The third-order valence-corrected chi connectivity index (χ3v) is 10.8. The smallest absolute Gasteiger partial charge is 0.343 e. The summed E-state index contributed by atoms with van der Waals surface area (Å²) < 4.78 is 12.2. The van der Waals surface area contributed by atoms with Crippen LogP contribution < -0.4 is 4.74 Å². The summed E-state index contributed by atoms with van der Waals surface area (Å²) >= 11 is 0. The van der Waals surface area contributed by atoms with Crippen molar-refractivity contribution in [2.24, 2.45) is 0 Å². The van der Waals surface area contributed by atoms with E-state index < -0.39 is 0 Å². The first kappa shape index (κ1) is 45.0. The Hall–Kier alpha value is -2.13.